The lowest BCUT2D eigenvalue weighted by molar-refractivity contribution is -0.127. The number of aliphatic hydroxyl groups is 1. The monoisotopic (exact) mass is 265 g/mol. The molecule has 0 saturated carbocycles. The molecule has 1 aliphatic rings. The molecule has 0 aliphatic carbocycles. The van der Waals surface area contributed by atoms with Crippen molar-refractivity contribution in [1.29, 1.82) is 0 Å². The highest BCUT2D eigenvalue weighted by Gasteiger charge is 2.28. The molecular formula is C14H19NO2S. The Hall–Kier alpha value is -1.00. The van der Waals surface area contributed by atoms with Gasteiger partial charge in [-0.25, -0.2) is 0 Å². The maximum absolute atomic E-state index is 11.6. The normalized spacial score (nSPS) is 19.5. The van der Waals surface area contributed by atoms with E-state index in [0.717, 1.165) is 25.3 Å². The second-order valence-corrected chi connectivity index (χ2v) is 5.78. The van der Waals surface area contributed by atoms with E-state index < -0.39 is 0 Å². The van der Waals surface area contributed by atoms with Gasteiger partial charge in [-0.05, 0) is 24.3 Å². The molecule has 0 spiro atoms. The zero-order chi connectivity index (χ0) is 12.8. The number of thioether (sulfide) groups is 1. The zero-order valence-electron chi connectivity index (χ0n) is 10.4. The van der Waals surface area contributed by atoms with Gasteiger partial charge in [0.2, 0.25) is 5.91 Å². The number of nitrogens with zero attached hydrogens (tertiary/aromatic N) is 1. The summed E-state index contributed by atoms with van der Waals surface area (Å²) in [6.07, 6.45) is 1.52. The predicted octanol–water partition coefficient (Wildman–Crippen LogP) is 2.01. The highest BCUT2D eigenvalue weighted by molar-refractivity contribution is 7.99. The molecule has 18 heavy (non-hydrogen) atoms. The molecule has 1 aromatic rings. The summed E-state index contributed by atoms with van der Waals surface area (Å²) >= 11 is 1.82. The van der Waals surface area contributed by atoms with E-state index in [-0.39, 0.29) is 18.4 Å². The zero-order valence-corrected chi connectivity index (χ0v) is 11.2. The Balaban J connectivity index is 1.65. The third-order valence-corrected chi connectivity index (χ3v) is 4.24. The first-order chi connectivity index (χ1) is 8.79. The van der Waals surface area contributed by atoms with E-state index in [0.29, 0.717) is 6.42 Å². The quantitative estimate of drug-likeness (QED) is 0.632. The number of carbonyl (C=O) groups excluding carboxylic acids is 1. The van der Waals surface area contributed by atoms with Gasteiger partial charge in [-0.3, -0.25) is 4.79 Å². The first kappa shape index (κ1) is 13.4. The van der Waals surface area contributed by atoms with E-state index in [2.05, 4.69) is 12.1 Å². The number of benzene rings is 1. The van der Waals surface area contributed by atoms with Gasteiger partial charge in [-0.2, -0.15) is 0 Å². The summed E-state index contributed by atoms with van der Waals surface area (Å²) in [6.45, 7) is 1.67. The molecule has 0 bridgehead atoms. The van der Waals surface area contributed by atoms with Gasteiger partial charge in [0.15, 0.2) is 0 Å². The predicted molar refractivity (Wildman–Crippen MR) is 73.6 cm³/mol. The molecule has 1 aliphatic heterocycles. The van der Waals surface area contributed by atoms with Gasteiger partial charge in [0.1, 0.15) is 0 Å². The Kier molecular flexibility index (Phi) is 5.08. The van der Waals surface area contributed by atoms with Gasteiger partial charge < -0.3 is 10.0 Å². The molecule has 4 heteroatoms. The number of rotatable bonds is 6. The molecule has 3 nitrogen and oxygen atoms in total. The second kappa shape index (κ2) is 6.81. The lowest BCUT2D eigenvalue weighted by Gasteiger charge is -2.15. The first-order valence-corrected chi connectivity index (χ1v) is 7.34. The maximum Gasteiger partial charge on any atom is 0.223 e. The Morgan fingerprint density at radius 2 is 2.11 bits per heavy atom. The Morgan fingerprint density at radius 1 is 1.33 bits per heavy atom. The fourth-order valence-electron chi connectivity index (χ4n) is 2.15. The number of hydrogen-bond donors (Lipinski definition) is 1. The number of amides is 1. The van der Waals surface area contributed by atoms with E-state index in [1.54, 1.807) is 0 Å². The van der Waals surface area contributed by atoms with Crippen molar-refractivity contribution >= 4 is 17.7 Å². The van der Waals surface area contributed by atoms with Crippen LogP contribution in [-0.2, 0) is 4.79 Å². The van der Waals surface area contributed by atoms with Crippen LogP contribution in [0.25, 0.3) is 0 Å². The number of hydrogen-bond acceptors (Lipinski definition) is 3. The minimum absolute atomic E-state index is 0.126. The molecule has 1 amide bonds. The van der Waals surface area contributed by atoms with Crippen molar-refractivity contribution in [3.8, 4) is 0 Å². The summed E-state index contributed by atoms with van der Waals surface area (Å²) < 4.78 is 0. The third kappa shape index (κ3) is 3.75. The molecule has 1 aromatic carbocycles. The Bertz CT molecular complexity index is 383. The van der Waals surface area contributed by atoms with Crippen LogP contribution in [-0.4, -0.2) is 41.4 Å². The van der Waals surface area contributed by atoms with Crippen molar-refractivity contribution in [2.75, 3.05) is 25.4 Å². The molecular weight excluding hydrogens is 246 g/mol. The van der Waals surface area contributed by atoms with Crippen molar-refractivity contribution < 1.29 is 9.90 Å². The van der Waals surface area contributed by atoms with E-state index in [4.69, 9.17) is 5.11 Å². The van der Waals surface area contributed by atoms with Crippen molar-refractivity contribution in [3.63, 3.8) is 0 Å². The summed E-state index contributed by atoms with van der Waals surface area (Å²) in [5.41, 5.74) is 0. The third-order valence-electron chi connectivity index (χ3n) is 3.14. The molecule has 1 N–H and O–H groups in total. The van der Waals surface area contributed by atoms with Crippen LogP contribution in [0.4, 0.5) is 0 Å². The summed E-state index contributed by atoms with van der Waals surface area (Å²) in [4.78, 5) is 14.8. The Labute approximate surface area is 112 Å². The van der Waals surface area contributed by atoms with Crippen molar-refractivity contribution in [3.05, 3.63) is 30.3 Å². The van der Waals surface area contributed by atoms with Crippen LogP contribution >= 0.6 is 11.8 Å². The molecule has 1 atom stereocenters. The fourth-order valence-corrected chi connectivity index (χ4v) is 3.01. The SMILES string of the molecule is O=C1CC(CO)CN1CCCSc1ccccc1. The fraction of sp³-hybridized carbons (Fsp3) is 0.500. The number of likely N-dealkylation sites (tertiary alicyclic amines) is 1. The van der Waals surface area contributed by atoms with Crippen molar-refractivity contribution in [1.82, 2.24) is 4.90 Å². The largest absolute Gasteiger partial charge is 0.396 e. The topological polar surface area (TPSA) is 40.5 Å². The van der Waals surface area contributed by atoms with E-state index in [1.807, 2.05) is 34.9 Å². The molecule has 1 heterocycles. The van der Waals surface area contributed by atoms with Crippen LogP contribution in [0.3, 0.4) is 0 Å². The van der Waals surface area contributed by atoms with E-state index in [1.165, 1.54) is 4.90 Å². The van der Waals surface area contributed by atoms with Crippen LogP contribution in [0.1, 0.15) is 12.8 Å². The Morgan fingerprint density at radius 3 is 2.78 bits per heavy atom. The molecule has 1 saturated heterocycles. The molecule has 1 fully saturated rings. The second-order valence-electron chi connectivity index (χ2n) is 4.61. The highest BCUT2D eigenvalue weighted by Crippen LogP contribution is 2.20. The summed E-state index contributed by atoms with van der Waals surface area (Å²) in [5, 5.41) is 9.04. The first-order valence-electron chi connectivity index (χ1n) is 6.36. The van der Waals surface area contributed by atoms with Gasteiger partial charge in [-0.1, -0.05) is 18.2 Å². The number of carbonyl (C=O) groups is 1. The van der Waals surface area contributed by atoms with Crippen LogP contribution in [0.5, 0.6) is 0 Å². The van der Waals surface area contributed by atoms with E-state index >= 15 is 0 Å². The van der Waals surface area contributed by atoms with Crippen molar-refractivity contribution in [2.24, 2.45) is 5.92 Å². The lowest BCUT2D eigenvalue weighted by Crippen LogP contribution is -2.27. The van der Waals surface area contributed by atoms with Crippen LogP contribution in [0.2, 0.25) is 0 Å². The average Bonchev–Trinajstić information content (AvgIpc) is 2.77. The minimum Gasteiger partial charge on any atom is -0.396 e. The van der Waals surface area contributed by atoms with Gasteiger partial charge in [-0.15, -0.1) is 11.8 Å². The summed E-state index contributed by atoms with van der Waals surface area (Å²) in [7, 11) is 0. The summed E-state index contributed by atoms with van der Waals surface area (Å²) in [6, 6.07) is 10.3. The average molecular weight is 265 g/mol. The van der Waals surface area contributed by atoms with Crippen LogP contribution in [0, 0.1) is 5.92 Å². The van der Waals surface area contributed by atoms with Gasteiger partial charge in [0.25, 0.3) is 0 Å². The van der Waals surface area contributed by atoms with Gasteiger partial charge in [0.05, 0.1) is 0 Å². The molecule has 2 rings (SSSR count). The van der Waals surface area contributed by atoms with Gasteiger partial charge in [0, 0.05) is 36.9 Å². The summed E-state index contributed by atoms with van der Waals surface area (Å²) in [5.74, 6) is 1.37. The molecule has 0 radical (unpaired) electrons. The van der Waals surface area contributed by atoms with Crippen LogP contribution < -0.4 is 0 Å². The maximum atomic E-state index is 11.6. The molecule has 1 unspecified atom stereocenters. The highest BCUT2D eigenvalue weighted by atomic mass is 32.2. The van der Waals surface area contributed by atoms with Crippen molar-refractivity contribution in [2.45, 2.75) is 17.7 Å². The lowest BCUT2D eigenvalue weighted by atomic mass is 10.1. The molecule has 98 valence electrons. The minimum atomic E-state index is 0.126. The molecule has 0 aromatic heterocycles. The van der Waals surface area contributed by atoms with Gasteiger partial charge >= 0.3 is 0 Å². The number of aliphatic hydroxyl groups excluding tert-OH is 1. The van der Waals surface area contributed by atoms with Crippen LogP contribution in [0.15, 0.2) is 35.2 Å². The smallest absolute Gasteiger partial charge is 0.223 e. The van der Waals surface area contributed by atoms with E-state index in [9.17, 15) is 4.79 Å². The standard InChI is InChI=1S/C14H19NO2S/c16-11-12-9-14(17)15(10-12)7-4-8-18-13-5-2-1-3-6-13/h1-3,5-6,12,16H,4,7-11H2.